The number of primary amides is 1. The van der Waals surface area contributed by atoms with Crippen LogP contribution in [-0.4, -0.2) is 11.7 Å². The Kier molecular flexibility index (Phi) is 2.27. The number of nitrogens with two attached hydrogens (primary N) is 1. The summed E-state index contributed by atoms with van der Waals surface area (Å²) in [6.45, 7) is 1.79. The second-order valence-electron chi connectivity index (χ2n) is 3.16. The van der Waals surface area contributed by atoms with E-state index in [-0.39, 0.29) is 23.5 Å². The first-order valence-corrected chi connectivity index (χ1v) is 3.95. The molecule has 2 N–H and O–H groups in total. The molecule has 1 aliphatic rings. The van der Waals surface area contributed by atoms with E-state index in [0.717, 1.165) is 12.8 Å². The van der Waals surface area contributed by atoms with Crippen molar-refractivity contribution in [2.75, 3.05) is 0 Å². The number of carbonyl (C=O) groups is 2. The highest BCUT2D eigenvalue weighted by Crippen LogP contribution is 2.26. The summed E-state index contributed by atoms with van der Waals surface area (Å²) in [6.07, 6.45) is 2.21. The Bertz CT molecular complexity index is 189. The number of Topliss-reactive ketones (excluding diaryl/α,β-unsaturated/α-hetero) is 1. The quantitative estimate of drug-likeness (QED) is 0.598. The lowest BCUT2D eigenvalue weighted by Gasteiger charge is -2.24. The van der Waals surface area contributed by atoms with Crippen LogP contribution in [0.4, 0.5) is 0 Å². The van der Waals surface area contributed by atoms with Gasteiger partial charge < -0.3 is 5.73 Å². The maximum Gasteiger partial charge on any atom is 0.221 e. The van der Waals surface area contributed by atoms with Crippen LogP contribution < -0.4 is 5.73 Å². The van der Waals surface area contributed by atoms with Crippen molar-refractivity contribution in [2.24, 2.45) is 17.6 Å². The maximum atomic E-state index is 11.1. The monoisotopic (exact) mass is 155 g/mol. The lowest BCUT2D eigenvalue weighted by Crippen LogP contribution is -2.35. The van der Waals surface area contributed by atoms with Gasteiger partial charge in [0.05, 0.1) is 0 Å². The van der Waals surface area contributed by atoms with Crippen LogP contribution in [0.2, 0.25) is 0 Å². The third-order valence-electron chi connectivity index (χ3n) is 2.42. The van der Waals surface area contributed by atoms with Gasteiger partial charge in [-0.1, -0.05) is 6.92 Å². The van der Waals surface area contributed by atoms with E-state index in [0.29, 0.717) is 6.42 Å². The molecule has 62 valence electrons. The van der Waals surface area contributed by atoms with E-state index in [1.165, 1.54) is 0 Å². The van der Waals surface area contributed by atoms with Gasteiger partial charge >= 0.3 is 0 Å². The molecule has 1 rings (SSSR count). The zero-order valence-electron chi connectivity index (χ0n) is 6.67. The van der Waals surface area contributed by atoms with Gasteiger partial charge in [0.15, 0.2) is 0 Å². The summed E-state index contributed by atoms with van der Waals surface area (Å²) in [6, 6.07) is 0. The third kappa shape index (κ3) is 1.59. The first kappa shape index (κ1) is 8.24. The van der Waals surface area contributed by atoms with Crippen LogP contribution in [0.15, 0.2) is 0 Å². The average Bonchev–Trinajstić information content (AvgIpc) is 1.94. The Labute approximate surface area is 66.0 Å². The van der Waals surface area contributed by atoms with Gasteiger partial charge in [0.2, 0.25) is 5.91 Å². The van der Waals surface area contributed by atoms with Crippen LogP contribution in [0.25, 0.3) is 0 Å². The minimum atomic E-state index is -0.328. The fraction of sp³-hybridized carbons (Fsp3) is 0.750. The fourth-order valence-electron chi connectivity index (χ4n) is 1.59. The van der Waals surface area contributed by atoms with Crippen molar-refractivity contribution in [3.63, 3.8) is 0 Å². The predicted molar refractivity (Wildman–Crippen MR) is 40.7 cm³/mol. The largest absolute Gasteiger partial charge is 0.369 e. The number of ketones is 1. The molecule has 2 atom stereocenters. The zero-order valence-corrected chi connectivity index (χ0v) is 6.67. The van der Waals surface area contributed by atoms with Gasteiger partial charge in [0.1, 0.15) is 5.78 Å². The van der Waals surface area contributed by atoms with E-state index in [9.17, 15) is 9.59 Å². The minimum Gasteiger partial charge on any atom is -0.369 e. The van der Waals surface area contributed by atoms with Gasteiger partial charge in [0.25, 0.3) is 0 Å². The summed E-state index contributed by atoms with van der Waals surface area (Å²) in [5.41, 5.74) is 5.13. The third-order valence-corrected chi connectivity index (χ3v) is 2.42. The second kappa shape index (κ2) is 3.03. The van der Waals surface area contributed by atoms with Crippen molar-refractivity contribution >= 4 is 11.7 Å². The molecule has 0 spiro atoms. The standard InChI is InChI=1S/C8H13NO2/c1-5-6(8(9)11)3-2-4-7(5)10/h5-6H,2-4H2,1H3,(H2,9,11)/t5-,6+/m1/s1. The van der Waals surface area contributed by atoms with Gasteiger partial charge in [-0.15, -0.1) is 0 Å². The van der Waals surface area contributed by atoms with Crippen LogP contribution in [0, 0.1) is 11.8 Å². The highest BCUT2D eigenvalue weighted by atomic mass is 16.1. The van der Waals surface area contributed by atoms with E-state index in [2.05, 4.69) is 0 Å². The molecule has 1 fully saturated rings. The lowest BCUT2D eigenvalue weighted by molar-refractivity contribution is -0.133. The molecule has 0 aromatic rings. The van der Waals surface area contributed by atoms with Crippen molar-refractivity contribution in [3.8, 4) is 0 Å². The topological polar surface area (TPSA) is 60.2 Å². The molecule has 0 unspecified atom stereocenters. The van der Waals surface area contributed by atoms with Crippen molar-refractivity contribution in [2.45, 2.75) is 26.2 Å². The van der Waals surface area contributed by atoms with E-state index in [1.54, 1.807) is 6.92 Å². The van der Waals surface area contributed by atoms with Crippen molar-refractivity contribution in [1.82, 2.24) is 0 Å². The molecule has 3 heteroatoms. The molecule has 0 saturated heterocycles. The number of carbonyl (C=O) groups excluding carboxylic acids is 2. The Morgan fingerprint density at radius 2 is 2.27 bits per heavy atom. The van der Waals surface area contributed by atoms with Crippen LogP contribution in [0.3, 0.4) is 0 Å². The van der Waals surface area contributed by atoms with E-state index < -0.39 is 0 Å². The molecule has 0 bridgehead atoms. The van der Waals surface area contributed by atoms with E-state index in [1.807, 2.05) is 0 Å². The molecule has 0 aromatic carbocycles. The fourth-order valence-corrected chi connectivity index (χ4v) is 1.59. The van der Waals surface area contributed by atoms with E-state index >= 15 is 0 Å². The lowest BCUT2D eigenvalue weighted by atomic mass is 9.79. The number of rotatable bonds is 1. The summed E-state index contributed by atoms with van der Waals surface area (Å²) >= 11 is 0. The molecule has 0 radical (unpaired) electrons. The smallest absolute Gasteiger partial charge is 0.221 e. The molecular formula is C8H13NO2. The summed E-state index contributed by atoms with van der Waals surface area (Å²) in [7, 11) is 0. The van der Waals surface area contributed by atoms with Gasteiger partial charge in [-0.3, -0.25) is 9.59 Å². The van der Waals surface area contributed by atoms with Crippen molar-refractivity contribution in [1.29, 1.82) is 0 Å². The highest BCUT2D eigenvalue weighted by molar-refractivity contribution is 5.88. The van der Waals surface area contributed by atoms with Crippen LogP contribution in [-0.2, 0) is 9.59 Å². The Morgan fingerprint density at radius 1 is 1.64 bits per heavy atom. The van der Waals surface area contributed by atoms with Gasteiger partial charge in [0, 0.05) is 18.3 Å². The number of hydrogen-bond donors (Lipinski definition) is 1. The molecule has 3 nitrogen and oxygen atoms in total. The normalized spacial score (nSPS) is 31.9. The first-order valence-electron chi connectivity index (χ1n) is 3.95. The Hall–Kier alpha value is -0.860. The van der Waals surface area contributed by atoms with Gasteiger partial charge in [-0.25, -0.2) is 0 Å². The number of hydrogen-bond acceptors (Lipinski definition) is 2. The second-order valence-corrected chi connectivity index (χ2v) is 3.16. The van der Waals surface area contributed by atoms with Crippen LogP contribution in [0.5, 0.6) is 0 Å². The number of amides is 1. The molecule has 0 heterocycles. The van der Waals surface area contributed by atoms with E-state index in [4.69, 9.17) is 5.73 Å². The van der Waals surface area contributed by atoms with Gasteiger partial charge in [-0.05, 0) is 12.8 Å². The van der Waals surface area contributed by atoms with Crippen molar-refractivity contribution in [3.05, 3.63) is 0 Å². The van der Waals surface area contributed by atoms with Gasteiger partial charge in [-0.2, -0.15) is 0 Å². The molecule has 0 aliphatic heterocycles. The first-order chi connectivity index (χ1) is 5.13. The Morgan fingerprint density at radius 3 is 2.73 bits per heavy atom. The van der Waals surface area contributed by atoms with Crippen LogP contribution in [0.1, 0.15) is 26.2 Å². The van der Waals surface area contributed by atoms with Crippen molar-refractivity contribution < 1.29 is 9.59 Å². The summed E-state index contributed by atoms with van der Waals surface area (Å²) in [4.78, 5) is 21.9. The molecule has 0 aromatic heterocycles. The molecular weight excluding hydrogens is 142 g/mol. The van der Waals surface area contributed by atoms with Crippen LogP contribution >= 0.6 is 0 Å². The zero-order chi connectivity index (χ0) is 8.43. The predicted octanol–water partition coefficient (Wildman–Crippen LogP) is 0.477. The highest BCUT2D eigenvalue weighted by Gasteiger charge is 2.31. The average molecular weight is 155 g/mol. The Balaban J connectivity index is 2.65. The summed E-state index contributed by atoms with van der Waals surface area (Å²) < 4.78 is 0. The molecule has 1 aliphatic carbocycles. The minimum absolute atomic E-state index is 0.152. The summed E-state index contributed by atoms with van der Waals surface area (Å²) in [5.74, 6) is -0.511. The molecule has 1 amide bonds. The molecule has 1 saturated carbocycles. The summed E-state index contributed by atoms with van der Waals surface area (Å²) in [5, 5.41) is 0. The maximum absolute atomic E-state index is 11.1. The SMILES string of the molecule is C[C@H]1C(=O)CCC[C@@H]1C(N)=O. The molecule has 11 heavy (non-hydrogen) atoms.